The molecule has 18 heavy (non-hydrogen) atoms. The van der Waals surface area contributed by atoms with Gasteiger partial charge < -0.3 is 27.0 Å². The maximum absolute atomic E-state index is 10.9. The Hall–Kier alpha value is -0.970. The molecule has 7 N–H and O–H groups in total. The molecule has 0 fully saturated rings. The van der Waals surface area contributed by atoms with E-state index in [1.165, 1.54) is 6.92 Å². The quantitative estimate of drug-likeness (QED) is 0.270. The lowest BCUT2D eigenvalue weighted by Crippen LogP contribution is -2.49. The van der Waals surface area contributed by atoms with Gasteiger partial charge in [-0.1, -0.05) is 21.6 Å². The highest BCUT2D eigenvalue weighted by molar-refractivity contribution is 8.77. The highest BCUT2D eigenvalue weighted by Crippen LogP contribution is 2.27. The minimum atomic E-state index is -1.28. The van der Waals surface area contributed by atoms with Crippen molar-refractivity contribution in [2.75, 3.05) is 5.75 Å². The molecule has 0 heterocycles. The molecule has 0 spiro atoms. The van der Waals surface area contributed by atoms with Gasteiger partial charge >= 0.3 is 11.9 Å². The van der Waals surface area contributed by atoms with Gasteiger partial charge in [0.25, 0.3) is 0 Å². The number of carboxylic acid groups (broad SMARTS) is 2. The van der Waals surface area contributed by atoms with Gasteiger partial charge in [-0.2, -0.15) is 0 Å². The summed E-state index contributed by atoms with van der Waals surface area (Å²) in [7, 11) is 2.01. The van der Waals surface area contributed by atoms with Gasteiger partial charge in [0, 0.05) is 12.7 Å². The second kappa shape index (κ2) is 8.19. The number of amides is 1. The largest absolute Gasteiger partial charge is 0.480 e. The number of carbonyl (C=O) groups is 3. The van der Waals surface area contributed by atoms with Gasteiger partial charge in [-0.05, 0) is 0 Å². The Balaban J connectivity index is 4.29. The highest BCUT2D eigenvalue weighted by atomic mass is 33.1. The molecule has 0 aromatic carbocycles. The first-order chi connectivity index (χ1) is 8.25. The molecule has 10 heteroatoms. The lowest BCUT2D eigenvalue weighted by atomic mass is 10.3. The number of carboxylic acids is 2. The molecule has 0 saturated carbocycles. The summed E-state index contributed by atoms with van der Waals surface area (Å²) in [6, 6.07) is -2.34. The predicted octanol–water partition coefficient (Wildman–Crippen LogP) is -1.35. The molecule has 1 amide bonds. The summed E-state index contributed by atoms with van der Waals surface area (Å²) in [5.41, 5.74) is 10.7. The lowest BCUT2D eigenvalue weighted by Gasteiger charge is -2.20. The van der Waals surface area contributed by atoms with Gasteiger partial charge in [-0.25, -0.2) is 0 Å². The summed E-state index contributed by atoms with van der Waals surface area (Å²) < 4.78 is 0. The van der Waals surface area contributed by atoms with Crippen LogP contribution in [-0.4, -0.2) is 51.3 Å². The van der Waals surface area contributed by atoms with Gasteiger partial charge in [-0.3, -0.25) is 14.4 Å². The second-order valence-electron chi connectivity index (χ2n) is 3.31. The standard InChI is InChI=1S/C8H15N3O5S2/c1-3(12)11-6(5(10)8(15)16)18-17-2-4(9)7(13)14/h4-6H,2,9-10H2,1H3,(H,11,12)(H,13,14)(H,15,16). The van der Waals surface area contributed by atoms with E-state index in [9.17, 15) is 14.4 Å². The molecule has 0 bridgehead atoms. The van der Waals surface area contributed by atoms with E-state index in [0.29, 0.717) is 0 Å². The molecular weight excluding hydrogens is 282 g/mol. The molecule has 0 aromatic rings. The Morgan fingerprint density at radius 3 is 2.17 bits per heavy atom. The minimum absolute atomic E-state index is 0.0718. The van der Waals surface area contributed by atoms with Crippen LogP contribution in [0.2, 0.25) is 0 Å². The zero-order chi connectivity index (χ0) is 14.3. The molecule has 0 saturated heterocycles. The van der Waals surface area contributed by atoms with E-state index in [1.54, 1.807) is 0 Å². The number of hydrogen-bond acceptors (Lipinski definition) is 7. The molecule has 8 nitrogen and oxygen atoms in total. The van der Waals surface area contributed by atoms with Crippen molar-refractivity contribution in [3.8, 4) is 0 Å². The van der Waals surface area contributed by atoms with Crippen molar-refractivity contribution in [3.05, 3.63) is 0 Å². The smallest absolute Gasteiger partial charge is 0.323 e. The molecule has 104 valence electrons. The molecule has 3 atom stereocenters. The van der Waals surface area contributed by atoms with Crippen LogP contribution in [0.5, 0.6) is 0 Å². The van der Waals surface area contributed by atoms with Crippen LogP contribution in [0.25, 0.3) is 0 Å². The van der Waals surface area contributed by atoms with Crippen LogP contribution in [0.3, 0.4) is 0 Å². The van der Waals surface area contributed by atoms with Gasteiger partial charge in [0.1, 0.15) is 17.5 Å². The topological polar surface area (TPSA) is 156 Å². The van der Waals surface area contributed by atoms with Crippen molar-refractivity contribution in [2.24, 2.45) is 11.5 Å². The van der Waals surface area contributed by atoms with E-state index in [0.717, 1.165) is 21.6 Å². The van der Waals surface area contributed by atoms with Crippen LogP contribution in [0.1, 0.15) is 6.92 Å². The molecule has 0 aromatic heterocycles. The molecule has 0 aliphatic carbocycles. The van der Waals surface area contributed by atoms with E-state index in [2.05, 4.69) is 5.32 Å². The molecular formula is C8H15N3O5S2. The fourth-order valence-electron chi connectivity index (χ4n) is 0.761. The number of nitrogens with two attached hydrogens (primary N) is 2. The zero-order valence-electron chi connectivity index (χ0n) is 9.53. The normalized spacial score (nSPS) is 15.5. The Morgan fingerprint density at radius 2 is 1.78 bits per heavy atom. The van der Waals surface area contributed by atoms with Crippen LogP contribution in [0.15, 0.2) is 0 Å². The number of carbonyl (C=O) groups excluding carboxylic acids is 1. The fraction of sp³-hybridized carbons (Fsp3) is 0.625. The summed E-state index contributed by atoms with van der Waals surface area (Å²) in [6.45, 7) is 1.23. The first-order valence-electron chi connectivity index (χ1n) is 4.77. The van der Waals surface area contributed by atoms with Crippen molar-refractivity contribution in [1.29, 1.82) is 0 Å². The fourth-order valence-corrected chi connectivity index (χ4v) is 3.34. The Bertz CT molecular complexity index is 328. The van der Waals surface area contributed by atoms with E-state index in [4.69, 9.17) is 21.7 Å². The third-order valence-corrected chi connectivity index (χ3v) is 4.38. The zero-order valence-corrected chi connectivity index (χ0v) is 11.2. The molecule has 3 unspecified atom stereocenters. The molecule has 0 aliphatic heterocycles. The minimum Gasteiger partial charge on any atom is -0.480 e. The maximum atomic E-state index is 10.9. The number of aliphatic carboxylic acids is 2. The average Bonchev–Trinajstić information content (AvgIpc) is 2.25. The van der Waals surface area contributed by atoms with Crippen LogP contribution in [0, 0.1) is 0 Å². The maximum Gasteiger partial charge on any atom is 0.323 e. The number of rotatable bonds is 8. The molecule has 0 rings (SSSR count). The van der Waals surface area contributed by atoms with Crippen molar-refractivity contribution < 1.29 is 24.6 Å². The van der Waals surface area contributed by atoms with E-state index < -0.39 is 35.3 Å². The van der Waals surface area contributed by atoms with Crippen LogP contribution < -0.4 is 16.8 Å². The van der Waals surface area contributed by atoms with Crippen LogP contribution >= 0.6 is 21.6 Å². The predicted molar refractivity (Wildman–Crippen MR) is 68.9 cm³/mol. The molecule has 0 radical (unpaired) electrons. The third kappa shape index (κ3) is 6.69. The van der Waals surface area contributed by atoms with Crippen molar-refractivity contribution in [3.63, 3.8) is 0 Å². The van der Waals surface area contributed by atoms with Gasteiger partial charge in [-0.15, -0.1) is 0 Å². The van der Waals surface area contributed by atoms with Gasteiger partial charge in [0.15, 0.2) is 0 Å². The monoisotopic (exact) mass is 297 g/mol. The van der Waals surface area contributed by atoms with E-state index in [1.807, 2.05) is 0 Å². The number of hydrogen-bond donors (Lipinski definition) is 5. The summed E-state index contributed by atoms with van der Waals surface area (Å²) in [5, 5.41) is 18.8. The molecule has 0 aliphatic rings. The average molecular weight is 297 g/mol. The third-order valence-electron chi connectivity index (χ3n) is 1.69. The van der Waals surface area contributed by atoms with Crippen LogP contribution in [0.4, 0.5) is 0 Å². The summed E-state index contributed by atoms with van der Waals surface area (Å²) in [6.07, 6.45) is 0. The van der Waals surface area contributed by atoms with Crippen molar-refractivity contribution >= 4 is 39.4 Å². The number of nitrogens with one attached hydrogen (secondary N) is 1. The van der Waals surface area contributed by atoms with Crippen LogP contribution in [-0.2, 0) is 14.4 Å². The first-order valence-corrected chi connectivity index (χ1v) is 7.16. The Labute approximate surface area is 111 Å². The Morgan fingerprint density at radius 1 is 1.22 bits per heavy atom. The SMILES string of the molecule is CC(=O)NC(SSCC(N)C(=O)O)C(N)C(=O)O. The highest BCUT2D eigenvalue weighted by Gasteiger charge is 2.26. The van der Waals surface area contributed by atoms with E-state index in [-0.39, 0.29) is 5.75 Å². The Kier molecular flexibility index (Phi) is 7.75. The second-order valence-corrected chi connectivity index (χ2v) is 5.86. The lowest BCUT2D eigenvalue weighted by molar-refractivity contribution is -0.139. The van der Waals surface area contributed by atoms with Crippen molar-refractivity contribution in [1.82, 2.24) is 5.32 Å². The van der Waals surface area contributed by atoms with E-state index >= 15 is 0 Å². The summed E-state index contributed by atoms with van der Waals surface area (Å²) in [5.74, 6) is -2.76. The van der Waals surface area contributed by atoms with Crippen molar-refractivity contribution in [2.45, 2.75) is 24.4 Å². The van der Waals surface area contributed by atoms with Gasteiger partial charge in [0.05, 0.1) is 0 Å². The van der Waals surface area contributed by atoms with Gasteiger partial charge in [0.2, 0.25) is 5.91 Å². The summed E-state index contributed by atoms with van der Waals surface area (Å²) in [4.78, 5) is 32.1. The summed E-state index contributed by atoms with van der Waals surface area (Å²) >= 11 is 0. The first kappa shape index (κ1) is 17.0.